The van der Waals surface area contributed by atoms with Crippen molar-refractivity contribution in [2.24, 2.45) is 5.41 Å². The molecule has 2 aliphatic rings. The number of hydrogen-bond donors (Lipinski definition) is 2. The third-order valence-corrected chi connectivity index (χ3v) is 6.80. The number of nitrogens with zero attached hydrogens (tertiary/aromatic N) is 4. The maximum absolute atomic E-state index is 12.8. The van der Waals surface area contributed by atoms with Crippen LogP contribution in [0.2, 0.25) is 10.0 Å². The van der Waals surface area contributed by atoms with E-state index >= 15 is 0 Å². The number of hydrogen-bond acceptors (Lipinski definition) is 6. The number of urea groups is 1. The van der Waals surface area contributed by atoms with Crippen LogP contribution in [-0.2, 0) is 13.1 Å². The molecule has 2 amide bonds. The molecular weight excluding hydrogens is 475 g/mol. The predicted octanol–water partition coefficient (Wildman–Crippen LogP) is 5.32. The highest BCUT2D eigenvalue weighted by molar-refractivity contribution is 6.37. The van der Waals surface area contributed by atoms with Gasteiger partial charge in [-0.3, -0.25) is 0 Å². The summed E-state index contributed by atoms with van der Waals surface area (Å²) < 4.78 is 6.07. The van der Waals surface area contributed by atoms with Crippen molar-refractivity contribution in [2.45, 2.75) is 65.1 Å². The van der Waals surface area contributed by atoms with Crippen LogP contribution < -0.4 is 15.8 Å². The van der Waals surface area contributed by atoms with E-state index in [2.05, 4.69) is 21.4 Å². The van der Waals surface area contributed by atoms with E-state index in [-0.39, 0.29) is 18.0 Å². The average Bonchev–Trinajstić information content (AvgIpc) is 3.17. The first-order valence-electron chi connectivity index (χ1n) is 11.4. The molecule has 1 fully saturated rings. The number of carbonyl (C=O) groups excluding carboxylic acids is 1. The van der Waals surface area contributed by atoms with Crippen LogP contribution in [0.15, 0.2) is 12.1 Å². The lowest BCUT2D eigenvalue weighted by molar-refractivity contribution is 0.186. The quantitative estimate of drug-likeness (QED) is 0.494. The van der Waals surface area contributed by atoms with Crippen LogP contribution in [0.25, 0.3) is 11.3 Å². The molecule has 3 N–H and O–H groups in total. The van der Waals surface area contributed by atoms with Crippen molar-refractivity contribution in [1.29, 1.82) is 5.26 Å². The largest absolute Gasteiger partial charge is 0.493 e. The number of anilines is 1. The van der Waals surface area contributed by atoms with Gasteiger partial charge in [-0.25, -0.2) is 14.8 Å². The fourth-order valence-electron chi connectivity index (χ4n) is 4.09. The number of nitrogens with one attached hydrogen (secondary N) is 1. The Kier molecular flexibility index (Phi) is 7.06. The molecule has 8 nitrogen and oxygen atoms in total. The Balaban J connectivity index is 1.60. The number of aromatic nitrogens is 2. The normalized spacial score (nSPS) is 15.4. The van der Waals surface area contributed by atoms with Gasteiger partial charge in [0.1, 0.15) is 5.75 Å². The van der Waals surface area contributed by atoms with Gasteiger partial charge in [-0.1, -0.05) is 23.2 Å². The second-order valence-electron chi connectivity index (χ2n) is 9.50. The number of carbonyl (C=O) groups is 1. The maximum Gasteiger partial charge on any atom is 0.318 e. The molecule has 1 aliphatic carbocycles. The molecule has 10 heteroatoms. The standard InChI is InChI=1S/C24H28Cl2N6O2/c1-24(2,13-27)7-4-8-34-19-10-14(25)9-17(26)20(19)21-16-11-32(12-18(16)30-22(28)31-21)23(33)29-15-5-3-6-15/h9-10,15H,3-8,11-12H2,1-2H3,(H,29,33)(H2,28,30,31). The Labute approximate surface area is 209 Å². The van der Waals surface area contributed by atoms with Crippen molar-refractivity contribution in [3.8, 4) is 23.1 Å². The molecule has 1 aliphatic heterocycles. The van der Waals surface area contributed by atoms with E-state index in [1.807, 2.05) is 13.8 Å². The van der Waals surface area contributed by atoms with Crippen LogP contribution in [0, 0.1) is 16.7 Å². The van der Waals surface area contributed by atoms with Crippen molar-refractivity contribution in [3.05, 3.63) is 33.4 Å². The van der Waals surface area contributed by atoms with E-state index in [0.717, 1.165) is 24.8 Å². The van der Waals surface area contributed by atoms with E-state index in [9.17, 15) is 10.1 Å². The Morgan fingerprint density at radius 2 is 2.09 bits per heavy atom. The number of nitrogens with two attached hydrogens (primary N) is 1. The zero-order valence-electron chi connectivity index (χ0n) is 19.3. The van der Waals surface area contributed by atoms with Crippen molar-refractivity contribution in [3.63, 3.8) is 0 Å². The minimum atomic E-state index is -0.427. The third kappa shape index (κ3) is 5.31. The second kappa shape index (κ2) is 9.85. The monoisotopic (exact) mass is 502 g/mol. The summed E-state index contributed by atoms with van der Waals surface area (Å²) in [6.45, 7) is 4.87. The van der Waals surface area contributed by atoms with Gasteiger partial charge in [0.2, 0.25) is 5.95 Å². The first-order valence-corrected chi connectivity index (χ1v) is 12.2. The highest BCUT2D eigenvalue weighted by Crippen LogP contribution is 2.42. The summed E-state index contributed by atoms with van der Waals surface area (Å²) in [7, 11) is 0. The minimum absolute atomic E-state index is 0.0998. The van der Waals surface area contributed by atoms with Crippen LogP contribution in [0.4, 0.5) is 10.7 Å². The Bertz CT molecular complexity index is 1140. The molecular formula is C24H28Cl2N6O2. The van der Waals surface area contributed by atoms with Crippen LogP contribution in [0.3, 0.4) is 0 Å². The number of benzene rings is 1. The molecule has 0 saturated heterocycles. The van der Waals surface area contributed by atoms with Gasteiger partial charge in [-0.05, 0) is 58.1 Å². The Hall–Kier alpha value is -2.76. The molecule has 0 radical (unpaired) electrons. The molecule has 0 unspecified atom stereocenters. The zero-order chi connectivity index (χ0) is 24.5. The summed E-state index contributed by atoms with van der Waals surface area (Å²) in [5.41, 5.74) is 8.20. The van der Waals surface area contributed by atoms with Gasteiger partial charge in [0.15, 0.2) is 0 Å². The molecule has 1 aromatic carbocycles. The Morgan fingerprint density at radius 1 is 1.32 bits per heavy atom. The lowest BCUT2D eigenvalue weighted by Gasteiger charge is -2.28. The molecule has 2 heterocycles. The summed E-state index contributed by atoms with van der Waals surface area (Å²) in [5.74, 6) is 0.577. The molecule has 1 aromatic heterocycles. The van der Waals surface area contributed by atoms with E-state index in [0.29, 0.717) is 65.3 Å². The van der Waals surface area contributed by atoms with Crippen molar-refractivity contribution in [2.75, 3.05) is 12.3 Å². The van der Waals surface area contributed by atoms with Crippen molar-refractivity contribution < 1.29 is 9.53 Å². The number of amides is 2. The molecule has 4 rings (SSSR count). The second-order valence-corrected chi connectivity index (χ2v) is 10.3. The zero-order valence-corrected chi connectivity index (χ0v) is 20.8. The van der Waals surface area contributed by atoms with Crippen molar-refractivity contribution in [1.82, 2.24) is 20.2 Å². The summed E-state index contributed by atoms with van der Waals surface area (Å²) in [6.07, 6.45) is 4.54. The number of ether oxygens (including phenoxy) is 1. The molecule has 180 valence electrons. The predicted molar refractivity (Wildman–Crippen MR) is 131 cm³/mol. The number of nitriles is 1. The number of halogens is 2. The number of fused-ring (bicyclic) bond motifs is 1. The lowest BCUT2D eigenvalue weighted by atomic mass is 9.90. The number of rotatable bonds is 7. The molecule has 1 saturated carbocycles. The van der Waals surface area contributed by atoms with Gasteiger partial charge in [0.05, 0.1) is 53.2 Å². The first kappa shape index (κ1) is 24.4. The molecule has 0 bridgehead atoms. The highest BCUT2D eigenvalue weighted by Gasteiger charge is 2.32. The fourth-order valence-corrected chi connectivity index (χ4v) is 4.65. The number of nitrogen functional groups attached to an aromatic ring is 1. The van der Waals surface area contributed by atoms with Crippen LogP contribution in [0.5, 0.6) is 5.75 Å². The van der Waals surface area contributed by atoms with Gasteiger partial charge in [0.25, 0.3) is 0 Å². The first-order chi connectivity index (χ1) is 16.2. The van der Waals surface area contributed by atoms with E-state index < -0.39 is 5.41 Å². The fraction of sp³-hybridized carbons (Fsp3) is 0.500. The van der Waals surface area contributed by atoms with Crippen molar-refractivity contribution >= 4 is 35.2 Å². The summed E-state index contributed by atoms with van der Waals surface area (Å²) in [6, 6.07) is 5.74. The van der Waals surface area contributed by atoms with Gasteiger partial charge < -0.3 is 20.7 Å². The maximum atomic E-state index is 12.8. The lowest BCUT2D eigenvalue weighted by Crippen LogP contribution is -2.45. The van der Waals surface area contributed by atoms with E-state index in [4.69, 9.17) is 33.7 Å². The molecule has 0 spiro atoms. The van der Waals surface area contributed by atoms with Gasteiger partial charge >= 0.3 is 6.03 Å². The Morgan fingerprint density at radius 3 is 2.76 bits per heavy atom. The van der Waals surface area contributed by atoms with Gasteiger partial charge in [0, 0.05) is 16.6 Å². The van der Waals surface area contributed by atoms with Crippen LogP contribution in [0.1, 0.15) is 57.2 Å². The van der Waals surface area contributed by atoms with Gasteiger partial charge in [-0.2, -0.15) is 5.26 Å². The summed E-state index contributed by atoms with van der Waals surface area (Å²) in [5, 5.41) is 13.1. The topological polar surface area (TPSA) is 117 Å². The summed E-state index contributed by atoms with van der Waals surface area (Å²) >= 11 is 12.9. The summed E-state index contributed by atoms with van der Waals surface area (Å²) in [4.78, 5) is 23.3. The smallest absolute Gasteiger partial charge is 0.318 e. The minimum Gasteiger partial charge on any atom is -0.493 e. The SMILES string of the molecule is CC(C)(C#N)CCCOc1cc(Cl)cc(Cl)c1-c1nc(N)nc2c1CN(C(=O)NC1CCC1)C2. The third-order valence-electron chi connectivity index (χ3n) is 6.28. The van der Waals surface area contributed by atoms with Crippen LogP contribution >= 0.6 is 23.2 Å². The average molecular weight is 503 g/mol. The van der Waals surface area contributed by atoms with Crippen LogP contribution in [-0.4, -0.2) is 33.5 Å². The molecule has 0 atom stereocenters. The van der Waals surface area contributed by atoms with E-state index in [1.165, 1.54) is 0 Å². The molecule has 34 heavy (non-hydrogen) atoms. The van der Waals surface area contributed by atoms with Gasteiger partial charge in [-0.15, -0.1) is 0 Å². The highest BCUT2D eigenvalue weighted by atomic mass is 35.5. The molecule has 2 aromatic rings. The van der Waals surface area contributed by atoms with E-state index in [1.54, 1.807) is 17.0 Å².